The molecule has 1 aromatic carbocycles. The van der Waals surface area contributed by atoms with E-state index in [1.165, 1.54) is 6.07 Å². The van der Waals surface area contributed by atoms with Gasteiger partial charge in [-0.3, -0.25) is 0 Å². The molecule has 2 aromatic rings. The zero-order chi connectivity index (χ0) is 12.6. The third-order valence-electron chi connectivity index (χ3n) is 2.55. The molecule has 0 bridgehead atoms. The first-order valence-corrected chi connectivity index (χ1v) is 5.01. The first-order valence-electron chi connectivity index (χ1n) is 5.01. The standard InChI is InChI=1S/C11H10F4N2/c12-6-1-2-9-8(5-6)7(3-4-16)10(17-9)11(13,14)15/h1-2,5,17H,3-4,16H2. The molecule has 0 spiro atoms. The van der Waals surface area contributed by atoms with Gasteiger partial charge in [0.05, 0.1) is 0 Å². The van der Waals surface area contributed by atoms with Crippen molar-refractivity contribution < 1.29 is 17.6 Å². The first-order chi connectivity index (χ1) is 7.93. The van der Waals surface area contributed by atoms with Crippen LogP contribution in [0.15, 0.2) is 18.2 Å². The molecule has 0 fully saturated rings. The van der Waals surface area contributed by atoms with Crippen LogP contribution in [0.1, 0.15) is 11.3 Å². The molecule has 6 heteroatoms. The van der Waals surface area contributed by atoms with E-state index in [0.717, 1.165) is 12.1 Å². The maximum Gasteiger partial charge on any atom is 0.431 e. The van der Waals surface area contributed by atoms with Crippen molar-refractivity contribution in [3.63, 3.8) is 0 Å². The number of alkyl halides is 3. The second-order valence-corrected chi connectivity index (χ2v) is 3.70. The normalized spacial score (nSPS) is 12.3. The van der Waals surface area contributed by atoms with Crippen molar-refractivity contribution in [1.29, 1.82) is 0 Å². The summed E-state index contributed by atoms with van der Waals surface area (Å²) in [4.78, 5) is 2.27. The minimum Gasteiger partial charge on any atom is -0.351 e. The highest BCUT2D eigenvalue weighted by atomic mass is 19.4. The van der Waals surface area contributed by atoms with E-state index in [-0.39, 0.29) is 29.4 Å². The van der Waals surface area contributed by atoms with Crippen molar-refractivity contribution in [2.24, 2.45) is 5.73 Å². The molecule has 0 saturated heterocycles. The Balaban J connectivity index is 2.71. The molecule has 17 heavy (non-hydrogen) atoms. The number of fused-ring (bicyclic) bond motifs is 1. The third-order valence-corrected chi connectivity index (χ3v) is 2.55. The second-order valence-electron chi connectivity index (χ2n) is 3.70. The lowest BCUT2D eigenvalue weighted by Crippen LogP contribution is -2.11. The Morgan fingerprint density at radius 3 is 2.53 bits per heavy atom. The number of halogens is 4. The predicted molar refractivity (Wildman–Crippen MR) is 56.0 cm³/mol. The molecule has 2 nitrogen and oxygen atoms in total. The Morgan fingerprint density at radius 1 is 1.24 bits per heavy atom. The van der Waals surface area contributed by atoms with Crippen molar-refractivity contribution >= 4 is 10.9 Å². The number of rotatable bonds is 2. The van der Waals surface area contributed by atoms with Gasteiger partial charge in [-0.1, -0.05) is 0 Å². The highest BCUT2D eigenvalue weighted by Crippen LogP contribution is 2.35. The van der Waals surface area contributed by atoms with Crippen molar-refractivity contribution in [1.82, 2.24) is 4.98 Å². The number of benzene rings is 1. The lowest BCUT2D eigenvalue weighted by atomic mass is 10.1. The number of nitrogens with two attached hydrogens (primary N) is 1. The van der Waals surface area contributed by atoms with Gasteiger partial charge >= 0.3 is 6.18 Å². The molecule has 0 atom stereocenters. The molecule has 0 unspecified atom stereocenters. The SMILES string of the molecule is NCCc1c(C(F)(F)F)[nH]c2ccc(F)cc12. The molecule has 1 heterocycles. The molecule has 0 aliphatic rings. The Morgan fingerprint density at radius 2 is 1.94 bits per heavy atom. The number of hydrogen-bond acceptors (Lipinski definition) is 1. The van der Waals surface area contributed by atoms with Crippen molar-refractivity contribution in [3.8, 4) is 0 Å². The average molecular weight is 246 g/mol. The van der Waals surface area contributed by atoms with Gasteiger partial charge in [0.25, 0.3) is 0 Å². The van der Waals surface area contributed by atoms with Gasteiger partial charge in [0.1, 0.15) is 11.5 Å². The summed E-state index contributed by atoms with van der Waals surface area (Å²) in [5.41, 5.74) is 4.73. The first kappa shape index (κ1) is 11.9. The summed E-state index contributed by atoms with van der Waals surface area (Å²) < 4.78 is 51.3. The van der Waals surface area contributed by atoms with Crippen LogP contribution >= 0.6 is 0 Å². The fraction of sp³-hybridized carbons (Fsp3) is 0.273. The summed E-state index contributed by atoms with van der Waals surface area (Å²) in [6.45, 7) is 0.0759. The van der Waals surface area contributed by atoms with Crippen LogP contribution in [-0.2, 0) is 12.6 Å². The zero-order valence-corrected chi connectivity index (χ0v) is 8.74. The van der Waals surface area contributed by atoms with Gasteiger partial charge < -0.3 is 10.7 Å². The van der Waals surface area contributed by atoms with E-state index in [1.807, 2.05) is 0 Å². The summed E-state index contributed by atoms with van der Waals surface area (Å²) in [5.74, 6) is -0.566. The van der Waals surface area contributed by atoms with Crippen LogP contribution in [0.3, 0.4) is 0 Å². The summed E-state index contributed by atoms with van der Waals surface area (Å²) in [5, 5.41) is 0.239. The second kappa shape index (κ2) is 4.03. The molecule has 0 saturated carbocycles. The van der Waals surface area contributed by atoms with Gasteiger partial charge in [-0.2, -0.15) is 13.2 Å². The van der Waals surface area contributed by atoms with E-state index in [1.54, 1.807) is 0 Å². The molecular formula is C11H10F4N2. The molecule has 0 aliphatic carbocycles. The smallest absolute Gasteiger partial charge is 0.351 e. The highest BCUT2D eigenvalue weighted by Gasteiger charge is 2.36. The number of aromatic amines is 1. The maximum atomic E-state index is 13.0. The third kappa shape index (κ3) is 2.12. The summed E-state index contributed by atoms with van der Waals surface area (Å²) in [6.07, 6.45) is -4.43. The van der Waals surface area contributed by atoms with Crippen molar-refractivity contribution in [2.75, 3.05) is 6.54 Å². The number of nitrogens with one attached hydrogen (secondary N) is 1. The zero-order valence-electron chi connectivity index (χ0n) is 8.74. The quantitative estimate of drug-likeness (QED) is 0.786. The van der Waals surface area contributed by atoms with Crippen molar-refractivity contribution in [2.45, 2.75) is 12.6 Å². The lowest BCUT2D eigenvalue weighted by Gasteiger charge is -2.07. The average Bonchev–Trinajstić information content (AvgIpc) is 2.57. The number of hydrogen-bond donors (Lipinski definition) is 2. The maximum absolute atomic E-state index is 13.0. The monoisotopic (exact) mass is 246 g/mol. The van der Waals surface area contributed by atoms with Gasteiger partial charge in [-0.15, -0.1) is 0 Å². The van der Waals surface area contributed by atoms with Gasteiger partial charge in [0, 0.05) is 10.9 Å². The summed E-state index contributed by atoms with van der Waals surface area (Å²) in [6, 6.07) is 3.50. The molecular weight excluding hydrogens is 236 g/mol. The molecule has 3 N–H and O–H groups in total. The van der Waals surface area contributed by atoms with E-state index in [2.05, 4.69) is 4.98 Å². The van der Waals surface area contributed by atoms with Gasteiger partial charge in [-0.25, -0.2) is 4.39 Å². The van der Waals surface area contributed by atoms with Crippen LogP contribution < -0.4 is 5.73 Å². The minimum absolute atomic E-state index is 0.0227. The Labute approximate surface area is 94.4 Å². The van der Waals surface area contributed by atoms with Gasteiger partial charge in [0.2, 0.25) is 0 Å². The van der Waals surface area contributed by atoms with E-state index in [0.29, 0.717) is 0 Å². The fourth-order valence-corrected chi connectivity index (χ4v) is 1.87. The topological polar surface area (TPSA) is 41.8 Å². The Kier molecular flexibility index (Phi) is 2.82. The summed E-state index contributed by atoms with van der Waals surface area (Å²) >= 11 is 0. The molecule has 1 aromatic heterocycles. The van der Waals surface area contributed by atoms with Gasteiger partial charge in [0.15, 0.2) is 0 Å². The Bertz CT molecular complexity index is 542. The van der Waals surface area contributed by atoms with Crippen LogP contribution in [0, 0.1) is 5.82 Å². The largest absolute Gasteiger partial charge is 0.431 e. The number of H-pyrrole nitrogens is 1. The van der Waals surface area contributed by atoms with E-state index in [4.69, 9.17) is 5.73 Å². The predicted octanol–water partition coefficient (Wildman–Crippen LogP) is 2.83. The number of aromatic nitrogens is 1. The van der Waals surface area contributed by atoms with E-state index in [9.17, 15) is 17.6 Å². The van der Waals surface area contributed by atoms with Crippen LogP contribution in [0.5, 0.6) is 0 Å². The van der Waals surface area contributed by atoms with E-state index < -0.39 is 17.7 Å². The van der Waals surface area contributed by atoms with Crippen LogP contribution in [0.4, 0.5) is 17.6 Å². The van der Waals surface area contributed by atoms with Crippen LogP contribution in [0.2, 0.25) is 0 Å². The van der Waals surface area contributed by atoms with Crippen molar-refractivity contribution in [3.05, 3.63) is 35.3 Å². The Hall–Kier alpha value is -1.56. The van der Waals surface area contributed by atoms with Gasteiger partial charge in [-0.05, 0) is 36.7 Å². The fourth-order valence-electron chi connectivity index (χ4n) is 1.87. The molecule has 0 radical (unpaired) electrons. The molecule has 0 aliphatic heterocycles. The van der Waals surface area contributed by atoms with Crippen LogP contribution in [0.25, 0.3) is 10.9 Å². The van der Waals surface area contributed by atoms with Crippen LogP contribution in [-0.4, -0.2) is 11.5 Å². The molecule has 0 amide bonds. The minimum atomic E-state index is -4.49. The summed E-state index contributed by atoms with van der Waals surface area (Å²) in [7, 11) is 0. The lowest BCUT2D eigenvalue weighted by molar-refractivity contribution is -0.141. The highest BCUT2D eigenvalue weighted by molar-refractivity contribution is 5.85. The molecule has 92 valence electrons. The van der Waals surface area contributed by atoms with E-state index >= 15 is 0 Å². The molecule has 2 rings (SSSR count).